The van der Waals surface area contributed by atoms with Crippen molar-refractivity contribution in [3.63, 3.8) is 0 Å². The summed E-state index contributed by atoms with van der Waals surface area (Å²) in [5.74, 6) is -1.45. The van der Waals surface area contributed by atoms with Crippen LogP contribution in [-0.4, -0.2) is 30.1 Å². The monoisotopic (exact) mass is 616 g/mol. The smallest absolute Gasteiger partial charge is 0.341 e. The van der Waals surface area contributed by atoms with E-state index in [0.29, 0.717) is 38.3 Å². The maximum atomic E-state index is 13.6. The molecule has 43 heavy (non-hydrogen) atoms. The Balaban J connectivity index is 1.38. The van der Waals surface area contributed by atoms with E-state index in [9.17, 15) is 19.6 Å². The molecule has 2 aliphatic rings. The summed E-state index contributed by atoms with van der Waals surface area (Å²) in [6, 6.07) is 13.1. The summed E-state index contributed by atoms with van der Waals surface area (Å²) in [5, 5.41) is 20.3. The van der Waals surface area contributed by atoms with E-state index in [-0.39, 0.29) is 29.7 Å². The van der Waals surface area contributed by atoms with E-state index < -0.39 is 11.9 Å². The van der Waals surface area contributed by atoms with Crippen molar-refractivity contribution >= 4 is 51.6 Å². The molecule has 1 aliphatic carbocycles. The molecule has 11 heteroatoms. The number of esters is 1. The number of benzene rings is 1. The van der Waals surface area contributed by atoms with Crippen LogP contribution in [0, 0.1) is 18.3 Å². The highest BCUT2D eigenvalue weighted by molar-refractivity contribution is 8.03. The van der Waals surface area contributed by atoms with E-state index in [0.717, 1.165) is 53.4 Å². The van der Waals surface area contributed by atoms with Crippen LogP contribution in [0.25, 0.3) is 0 Å². The molecule has 3 N–H and O–H groups in total. The largest absolute Gasteiger partial charge is 0.468 e. The average molecular weight is 617 g/mol. The second-order valence-corrected chi connectivity index (χ2v) is 12.3. The van der Waals surface area contributed by atoms with Gasteiger partial charge in [0.15, 0.2) is 0 Å². The Morgan fingerprint density at radius 3 is 2.65 bits per heavy atom. The molecule has 9 nitrogen and oxygen atoms in total. The summed E-state index contributed by atoms with van der Waals surface area (Å²) in [6.45, 7) is 5.67. The molecule has 3 aromatic rings. The summed E-state index contributed by atoms with van der Waals surface area (Å²) < 4.78 is 11.0. The minimum absolute atomic E-state index is 0.0265. The van der Waals surface area contributed by atoms with Gasteiger partial charge in [0.25, 0.3) is 5.91 Å². The lowest BCUT2D eigenvalue weighted by Crippen LogP contribution is -2.31. The highest BCUT2D eigenvalue weighted by Gasteiger charge is 2.37. The van der Waals surface area contributed by atoms with Crippen LogP contribution in [0.15, 0.2) is 69.0 Å². The average Bonchev–Trinajstić information content (AvgIpc) is 3.65. The molecule has 0 saturated heterocycles. The lowest BCUT2D eigenvalue weighted by Gasteiger charge is -2.28. The number of amides is 2. The molecule has 3 heterocycles. The lowest BCUT2D eigenvalue weighted by atomic mass is 9.85. The fraction of sp³-hybridized carbons (Fsp3) is 0.312. The zero-order chi connectivity index (χ0) is 30.5. The molecule has 1 atom stereocenters. The number of rotatable bonds is 9. The Hall–Kier alpha value is -4.27. The van der Waals surface area contributed by atoms with Gasteiger partial charge in [0, 0.05) is 16.3 Å². The molecule has 1 aliphatic heterocycles. The van der Waals surface area contributed by atoms with Crippen LogP contribution in [0.5, 0.6) is 0 Å². The number of carbonyl (C=O) groups is 3. The summed E-state index contributed by atoms with van der Waals surface area (Å²) in [4.78, 5) is 40.7. The third-order valence-electron chi connectivity index (χ3n) is 7.36. The van der Waals surface area contributed by atoms with E-state index in [4.69, 9.17) is 9.15 Å². The molecule has 222 valence electrons. The molecule has 0 radical (unpaired) electrons. The van der Waals surface area contributed by atoms with Crippen LogP contribution >= 0.6 is 23.1 Å². The van der Waals surface area contributed by atoms with E-state index >= 15 is 0 Å². The van der Waals surface area contributed by atoms with Crippen molar-refractivity contribution in [3.05, 3.63) is 91.9 Å². The summed E-state index contributed by atoms with van der Waals surface area (Å²) in [7, 11) is 0. The van der Waals surface area contributed by atoms with Gasteiger partial charge in [-0.3, -0.25) is 9.59 Å². The van der Waals surface area contributed by atoms with Gasteiger partial charge in [-0.25, -0.2) is 4.79 Å². The van der Waals surface area contributed by atoms with E-state index in [1.807, 2.05) is 31.2 Å². The number of anilines is 2. The zero-order valence-corrected chi connectivity index (χ0v) is 25.8. The molecular formula is C32H32N4O5S2. The van der Waals surface area contributed by atoms with Gasteiger partial charge in [-0.05, 0) is 75.8 Å². The summed E-state index contributed by atoms with van der Waals surface area (Å²) in [6.07, 6.45) is 5.20. The number of nitrogens with one attached hydrogen (secondary N) is 3. The number of furan rings is 1. The Bertz CT molecular complexity index is 1660. The minimum atomic E-state index is -0.768. The second-order valence-electron chi connectivity index (χ2n) is 10.2. The van der Waals surface area contributed by atoms with Crippen LogP contribution in [0.3, 0.4) is 0 Å². The maximum Gasteiger partial charge on any atom is 0.341 e. The maximum absolute atomic E-state index is 13.6. The van der Waals surface area contributed by atoms with Crippen LogP contribution in [-0.2, 0) is 27.2 Å². The van der Waals surface area contributed by atoms with Crippen molar-refractivity contribution in [2.24, 2.45) is 0 Å². The van der Waals surface area contributed by atoms with Crippen molar-refractivity contribution in [1.29, 1.82) is 5.26 Å². The fourth-order valence-electron chi connectivity index (χ4n) is 5.34. The minimum Gasteiger partial charge on any atom is -0.468 e. The molecule has 0 bridgehead atoms. The van der Waals surface area contributed by atoms with Gasteiger partial charge in [0.05, 0.1) is 52.3 Å². The summed E-state index contributed by atoms with van der Waals surface area (Å²) in [5.41, 5.74) is 4.17. The number of hydrogen-bond acceptors (Lipinski definition) is 9. The second kappa shape index (κ2) is 13.4. The Kier molecular flexibility index (Phi) is 9.38. The number of para-hydroxylation sites is 1. The normalized spacial score (nSPS) is 16.2. The van der Waals surface area contributed by atoms with Gasteiger partial charge in [-0.1, -0.05) is 30.0 Å². The van der Waals surface area contributed by atoms with Crippen molar-refractivity contribution in [2.45, 2.75) is 52.4 Å². The number of thioether (sulfide) groups is 1. The highest BCUT2D eigenvalue weighted by atomic mass is 32.2. The number of hydrogen-bond donors (Lipinski definition) is 3. The van der Waals surface area contributed by atoms with Gasteiger partial charge in [0.1, 0.15) is 10.8 Å². The SMILES string of the molecule is CCOC(=O)c1c(NC(=O)CSC2=C(C#N)[C@@H](c3ccco3)C(C(=O)Nc3ccccc3C)=C(C)N2)sc2c1CCCC2. The van der Waals surface area contributed by atoms with Gasteiger partial charge >= 0.3 is 5.97 Å². The molecule has 0 spiro atoms. The third kappa shape index (κ3) is 6.40. The third-order valence-corrected chi connectivity index (χ3v) is 9.59. The quantitative estimate of drug-likeness (QED) is 0.235. The van der Waals surface area contributed by atoms with Crippen LogP contribution in [0.2, 0.25) is 0 Å². The predicted octanol–water partition coefficient (Wildman–Crippen LogP) is 6.41. The number of nitriles is 1. The van der Waals surface area contributed by atoms with Crippen molar-refractivity contribution in [1.82, 2.24) is 5.32 Å². The Labute approximate surface area is 258 Å². The van der Waals surface area contributed by atoms with Gasteiger partial charge in [0.2, 0.25) is 5.91 Å². The Morgan fingerprint density at radius 1 is 1.14 bits per heavy atom. The molecule has 2 amide bonds. The van der Waals surface area contributed by atoms with Crippen molar-refractivity contribution in [2.75, 3.05) is 23.0 Å². The molecule has 0 unspecified atom stereocenters. The van der Waals surface area contributed by atoms with E-state index in [1.165, 1.54) is 17.6 Å². The van der Waals surface area contributed by atoms with Crippen LogP contribution < -0.4 is 16.0 Å². The molecule has 1 aromatic carbocycles. The number of ether oxygens (including phenoxy) is 1. The van der Waals surface area contributed by atoms with E-state index in [1.54, 1.807) is 26.0 Å². The van der Waals surface area contributed by atoms with Gasteiger partial charge in [-0.15, -0.1) is 11.3 Å². The number of allylic oxidation sites excluding steroid dienone is 2. The molecule has 5 rings (SSSR count). The fourth-order valence-corrected chi connectivity index (χ4v) is 7.53. The molecular weight excluding hydrogens is 585 g/mol. The number of thiophene rings is 1. The van der Waals surface area contributed by atoms with Gasteiger partial charge in [-0.2, -0.15) is 5.26 Å². The first kappa shape index (κ1) is 30.2. The lowest BCUT2D eigenvalue weighted by molar-refractivity contribution is -0.114. The zero-order valence-electron chi connectivity index (χ0n) is 24.2. The van der Waals surface area contributed by atoms with Crippen LogP contribution in [0.1, 0.15) is 64.7 Å². The molecule has 2 aromatic heterocycles. The highest BCUT2D eigenvalue weighted by Crippen LogP contribution is 2.42. The first-order valence-corrected chi connectivity index (χ1v) is 15.9. The summed E-state index contributed by atoms with van der Waals surface area (Å²) >= 11 is 2.59. The number of nitrogens with zero attached hydrogens (tertiary/aromatic N) is 1. The number of aryl methyl sites for hydroxylation is 2. The van der Waals surface area contributed by atoms with E-state index in [2.05, 4.69) is 22.0 Å². The van der Waals surface area contributed by atoms with Crippen molar-refractivity contribution < 1.29 is 23.5 Å². The number of fused-ring (bicyclic) bond motifs is 1. The van der Waals surface area contributed by atoms with Gasteiger partial charge < -0.3 is 25.1 Å². The standard InChI is InChI=1S/C32H32N4O5S2/c1-4-40-32(39)28-20-11-6-8-14-24(20)43-31(28)36-25(37)17-42-30-21(16-33)27(23-13-9-15-41-23)26(19(3)34-30)29(38)35-22-12-7-5-10-18(22)2/h5,7,9-10,12-13,15,27,34H,4,6,8,11,14,17H2,1-3H3,(H,35,38)(H,36,37)/t27-/m0/s1. The topological polar surface area (TPSA) is 133 Å². The molecule has 0 saturated carbocycles. The van der Waals surface area contributed by atoms with Crippen molar-refractivity contribution in [3.8, 4) is 6.07 Å². The predicted molar refractivity (Wildman–Crippen MR) is 168 cm³/mol. The first-order chi connectivity index (χ1) is 20.8. The number of carbonyl (C=O) groups excluding carboxylic acids is 3. The molecule has 0 fully saturated rings. The van der Waals surface area contributed by atoms with Crippen LogP contribution in [0.4, 0.5) is 10.7 Å². The first-order valence-electron chi connectivity index (χ1n) is 14.1. The number of dihydropyridines is 1. The Morgan fingerprint density at radius 2 is 1.93 bits per heavy atom.